The van der Waals surface area contributed by atoms with Crippen LogP contribution in [-0.4, -0.2) is 61.3 Å². The molecule has 1 atom stereocenters. The number of aryl methyl sites for hydroxylation is 1. The van der Waals surface area contributed by atoms with Crippen molar-refractivity contribution in [2.75, 3.05) is 25.2 Å². The summed E-state index contributed by atoms with van der Waals surface area (Å²) in [6.07, 6.45) is 6.03. The number of sulfone groups is 1. The first-order valence-electron chi connectivity index (χ1n) is 11.2. The van der Waals surface area contributed by atoms with E-state index in [9.17, 15) is 18.0 Å². The summed E-state index contributed by atoms with van der Waals surface area (Å²) < 4.78 is 39.0. The van der Waals surface area contributed by atoms with E-state index in [2.05, 4.69) is 15.0 Å². The molecule has 1 aliphatic heterocycles. The summed E-state index contributed by atoms with van der Waals surface area (Å²) in [6.45, 7) is 3.54. The number of hydrogen-bond donors (Lipinski definition) is 1. The van der Waals surface area contributed by atoms with Crippen molar-refractivity contribution in [3.05, 3.63) is 59.6 Å². The van der Waals surface area contributed by atoms with Crippen molar-refractivity contribution in [2.24, 2.45) is 10.9 Å². The largest absolute Gasteiger partial charge is 0.493 e. The van der Waals surface area contributed by atoms with Crippen LogP contribution < -0.4 is 4.74 Å². The van der Waals surface area contributed by atoms with Gasteiger partial charge in [-0.25, -0.2) is 18.4 Å². The number of esters is 1. The zero-order valence-electron chi connectivity index (χ0n) is 20.0. The fourth-order valence-corrected chi connectivity index (χ4v) is 3.99. The molecule has 188 valence electrons. The standard InChI is InChI=1S/C25H25N3O7S/c1-4-33-25(30)21-22(29)20(13-16-14-27-23-18(16)6-5-9-26-23)35-24(21)28-19-8-7-17(12-15(19)2)34-10-11-36(3,31)32/h5-9,12-14,21H,4,10-11H2,1-3H3,(H,26,27)/b20-13-,28-24?. The van der Waals surface area contributed by atoms with Gasteiger partial charge in [-0.1, -0.05) is 0 Å². The number of aromatic nitrogens is 2. The molecule has 0 saturated carbocycles. The number of fused-ring (bicyclic) bond motifs is 1. The highest BCUT2D eigenvalue weighted by Gasteiger charge is 2.44. The zero-order chi connectivity index (χ0) is 25.9. The van der Waals surface area contributed by atoms with Crippen molar-refractivity contribution in [1.29, 1.82) is 0 Å². The van der Waals surface area contributed by atoms with Crippen molar-refractivity contribution >= 4 is 50.3 Å². The van der Waals surface area contributed by atoms with Gasteiger partial charge in [0.25, 0.3) is 0 Å². The lowest BCUT2D eigenvalue weighted by Gasteiger charge is -2.09. The quantitative estimate of drug-likeness (QED) is 0.277. The second-order valence-corrected chi connectivity index (χ2v) is 10.4. The Labute approximate surface area is 207 Å². The monoisotopic (exact) mass is 511 g/mol. The SMILES string of the molecule is CCOC(=O)C1C(=O)/C(=C/c2c[nH]c3ncccc23)OC1=Nc1ccc(OCCS(C)(=O)=O)cc1C. The third kappa shape index (κ3) is 5.62. The minimum Gasteiger partial charge on any atom is -0.493 e. The van der Waals surface area contributed by atoms with Gasteiger partial charge in [0.15, 0.2) is 21.5 Å². The summed E-state index contributed by atoms with van der Waals surface area (Å²) in [5, 5.41) is 0.793. The first kappa shape index (κ1) is 25.1. The average molecular weight is 512 g/mol. The van der Waals surface area contributed by atoms with Gasteiger partial charge < -0.3 is 19.2 Å². The summed E-state index contributed by atoms with van der Waals surface area (Å²) in [7, 11) is -3.14. The first-order chi connectivity index (χ1) is 17.2. The molecule has 1 unspecified atom stereocenters. The van der Waals surface area contributed by atoms with E-state index in [1.807, 2.05) is 6.07 Å². The third-order valence-corrected chi connectivity index (χ3v) is 6.29. The van der Waals surface area contributed by atoms with Crippen LogP contribution in [-0.2, 0) is 28.9 Å². The van der Waals surface area contributed by atoms with E-state index in [0.29, 0.717) is 28.2 Å². The predicted octanol–water partition coefficient (Wildman–Crippen LogP) is 3.14. The topological polar surface area (TPSA) is 137 Å². The number of ketones is 1. The van der Waals surface area contributed by atoms with E-state index >= 15 is 0 Å². The van der Waals surface area contributed by atoms with E-state index in [4.69, 9.17) is 14.2 Å². The number of ether oxygens (including phenoxy) is 3. The first-order valence-corrected chi connectivity index (χ1v) is 13.2. The number of pyridine rings is 1. The van der Waals surface area contributed by atoms with E-state index < -0.39 is 27.5 Å². The molecule has 3 heterocycles. The van der Waals surface area contributed by atoms with Gasteiger partial charge in [-0.05, 0) is 55.8 Å². The van der Waals surface area contributed by atoms with Gasteiger partial charge in [-0.2, -0.15) is 0 Å². The molecule has 0 amide bonds. The zero-order valence-corrected chi connectivity index (χ0v) is 20.8. The normalized spacial score (nSPS) is 18.1. The smallest absolute Gasteiger partial charge is 0.326 e. The lowest BCUT2D eigenvalue weighted by molar-refractivity contribution is -0.147. The lowest BCUT2D eigenvalue weighted by Crippen LogP contribution is -2.27. The number of rotatable bonds is 8. The number of hydrogen-bond acceptors (Lipinski definition) is 9. The molecule has 0 aliphatic carbocycles. The summed E-state index contributed by atoms with van der Waals surface area (Å²) >= 11 is 0. The maximum atomic E-state index is 13.2. The Morgan fingerprint density at radius 3 is 2.83 bits per heavy atom. The molecule has 1 N–H and O–H groups in total. The molecule has 1 fully saturated rings. The average Bonchev–Trinajstić information content (AvgIpc) is 3.36. The summed E-state index contributed by atoms with van der Waals surface area (Å²) in [5.74, 6) is -2.38. The number of aliphatic imine (C=N–C) groups is 1. The van der Waals surface area contributed by atoms with Crippen LogP contribution >= 0.6 is 0 Å². The molecule has 1 aromatic carbocycles. The van der Waals surface area contributed by atoms with Crippen LogP contribution in [0.4, 0.5) is 5.69 Å². The van der Waals surface area contributed by atoms with Crippen molar-refractivity contribution in [2.45, 2.75) is 13.8 Å². The lowest BCUT2D eigenvalue weighted by atomic mass is 10.0. The fraction of sp³-hybridized carbons (Fsp3) is 0.280. The van der Waals surface area contributed by atoms with Crippen LogP contribution in [0.2, 0.25) is 0 Å². The molecular formula is C25H25N3O7S. The van der Waals surface area contributed by atoms with Crippen LogP contribution in [0.25, 0.3) is 17.1 Å². The van der Waals surface area contributed by atoms with E-state index in [0.717, 1.165) is 11.6 Å². The van der Waals surface area contributed by atoms with Crippen LogP contribution in [0.1, 0.15) is 18.1 Å². The molecule has 4 rings (SSSR count). The van der Waals surface area contributed by atoms with Gasteiger partial charge in [-0.15, -0.1) is 0 Å². The Morgan fingerprint density at radius 2 is 2.11 bits per heavy atom. The molecule has 1 saturated heterocycles. The highest BCUT2D eigenvalue weighted by Crippen LogP contribution is 2.31. The molecule has 11 heteroatoms. The number of Topliss-reactive ketones (excluding diaryl/α,β-unsaturated/α-hetero) is 1. The molecule has 0 spiro atoms. The van der Waals surface area contributed by atoms with E-state index in [1.165, 1.54) is 0 Å². The fourth-order valence-electron chi connectivity index (χ4n) is 3.61. The number of carbonyl (C=O) groups is 2. The molecule has 36 heavy (non-hydrogen) atoms. The molecule has 3 aromatic rings. The Hall–Kier alpha value is -3.99. The van der Waals surface area contributed by atoms with Crippen LogP contribution in [0, 0.1) is 12.8 Å². The molecule has 1 aliphatic rings. The molecular weight excluding hydrogens is 486 g/mol. The van der Waals surface area contributed by atoms with Crippen LogP contribution in [0.3, 0.4) is 0 Å². The van der Waals surface area contributed by atoms with Crippen LogP contribution in [0.15, 0.2) is 53.5 Å². The molecule has 2 aromatic heterocycles. The number of carbonyl (C=O) groups excluding carboxylic acids is 2. The van der Waals surface area contributed by atoms with Gasteiger partial charge in [0, 0.05) is 29.6 Å². The minimum absolute atomic E-state index is 0.0200. The van der Waals surface area contributed by atoms with Crippen LogP contribution in [0.5, 0.6) is 5.75 Å². The van der Waals surface area contributed by atoms with Gasteiger partial charge >= 0.3 is 5.97 Å². The highest BCUT2D eigenvalue weighted by molar-refractivity contribution is 7.90. The Bertz CT molecular complexity index is 1490. The van der Waals surface area contributed by atoms with Gasteiger partial charge in [0.2, 0.25) is 11.7 Å². The van der Waals surface area contributed by atoms with Crippen molar-refractivity contribution in [3.8, 4) is 5.75 Å². The number of nitrogens with one attached hydrogen (secondary N) is 1. The Kier molecular flexibility index (Phi) is 7.20. The number of nitrogens with zero attached hydrogens (tertiary/aromatic N) is 2. The van der Waals surface area contributed by atoms with Crippen molar-refractivity contribution in [3.63, 3.8) is 0 Å². The van der Waals surface area contributed by atoms with Gasteiger partial charge in [0.1, 0.15) is 18.0 Å². The maximum Gasteiger partial charge on any atom is 0.326 e. The van der Waals surface area contributed by atoms with Crippen molar-refractivity contribution in [1.82, 2.24) is 9.97 Å². The van der Waals surface area contributed by atoms with E-state index in [1.54, 1.807) is 56.6 Å². The summed E-state index contributed by atoms with van der Waals surface area (Å²) in [6, 6.07) is 8.59. The number of H-pyrrole nitrogens is 1. The second kappa shape index (κ2) is 10.3. The minimum atomic E-state index is -3.14. The molecule has 10 nitrogen and oxygen atoms in total. The summed E-state index contributed by atoms with van der Waals surface area (Å²) in [5.41, 5.74) is 2.47. The predicted molar refractivity (Wildman–Crippen MR) is 134 cm³/mol. The number of benzene rings is 1. The van der Waals surface area contributed by atoms with Gasteiger partial charge in [0.05, 0.1) is 18.0 Å². The van der Waals surface area contributed by atoms with Crippen molar-refractivity contribution < 1.29 is 32.2 Å². The Balaban J connectivity index is 1.64. The maximum absolute atomic E-state index is 13.2. The van der Waals surface area contributed by atoms with E-state index in [-0.39, 0.29) is 30.6 Å². The highest BCUT2D eigenvalue weighted by atomic mass is 32.2. The van der Waals surface area contributed by atoms with Gasteiger partial charge in [-0.3, -0.25) is 9.59 Å². The Morgan fingerprint density at radius 1 is 1.31 bits per heavy atom. The third-order valence-electron chi connectivity index (χ3n) is 5.38. The number of aromatic amines is 1. The summed E-state index contributed by atoms with van der Waals surface area (Å²) in [4.78, 5) is 37.5. The molecule has 0 radical (unpaired) electrons. The molecule has 0 bridgehead atoms. The second-order valence-electron chi connectivity index (χ2n) is 8.18. The number of allylic oxidation sites excluding steroid dienone is 1.